The van der Waals surface area contributed by atoms with Crippen LogP contribution in [0.4, 0.5) is 13.2 Å². The monoisotopic (exact) mass is 532 g/mol. The number of aryl methyl sites for hydroxylation is 1. The highest BCUT2D eigenvalue weighted by molar-refractivity contribution is 7.99. The van der Waals surface area contributed by atoms with E-state index < -0.39 is 17.6 Å². The summed E-state index contributed by atoms with van der Waals surface area (Å²) in [4.78, 5) is 18.5. The number of ether oxygens (including phenoxy) is 1. The molecule has 1 N–H and O–H groups in total. The molecule has 1 saturated heterocycles. The first-order valence-corrected chi connectivity index (χ1v) is 13.4. The predicted octanol–water partition coefficient (Wildman–Crippen LogP) is 6.19. The van der Waals surface area contributed by atoms with Crippen molar-refractivity contribution in [2.45, 2.75) is 37.0 Å². The number of thioether (sulfide) groups is 1. The molecule has 2 atom stereocenters. The SMILES string of the molecule is COc1ccc2ncc(F)c(CCC[C@@H]3CCN(CCSc4cc(F)cc(F)c4)C[C@@H]3CC(=O)O)c2c1. The Bertz CT molecular complexity index is 1220. The van der Waals surface area contributed by atoms with Gasteiger partial charge in [0.1, 0.15) is 23.2 Å². The number of carboxylic acid groups (broad SMARTS) is 1. The molecule has 37 heavy (non-hydrogen) atoms. The van der Waals surface area contributed by atoms with Crippen molar-refractivity contribution in [3.05, 3.63) is 65.6 Å². The molecule has 0 unspecified atom stereocenters. The summed E-state index contributed by atoms with van der Waals surface area (Å²) in [5.74, 6) is -0.799. The van der Waals surface area contributed by atoms with Crippen LogP contribution in [-0.4, -0.2) is 53.5 Å². The lowest BCUT2D eigenvalue weighted by Gasteiger charge is -2.38. The van der Waals surface area contributed by atoms with Gasteiger partial charge in [0.2, 0.25) is 0 Å². The van der Waals surface area contributed by atoms with E-state index in [2.05, 4.69) is 9.88 Å². The van der Waals surface area contributed by atoms with E-state index in [1.165, 1.54) is 30.1 Å². The van der Waals surface area contributed by atoms with Gasteiger partial charge < -0.3 is 14.7 Å². The van der Waals surface area contributed by atoms with Gasteiger partial charge in [-0.1, -0.05) is 0 Å². The van der Waals surface area contributed by atoms with Crippen molar-refractivity contribution >= 4 is 28.6 Å². The Labute approximate surface area is 219 Å². The lowest BCUT2D eigenvalue weighted by Crippen LogP contribution is -2.42. The number of piperidine rings is 1. The second-order valence-corrected chi connectivity index (χ2v) is 10.7. The minimum atomic E-state index is -0.820. The Balaban J connectivity index is 1.33. The molecule has 0 amide bonds. The summed E-state index contributed by atoms with van der Waals surface area (Å²) in [5.41, 5.74) is 1.33. The maximum absolute atomic E-state index is 14.7. The largest absolute Gasteiger partial charge is 0.497 e. The summed E-state index contributed by atoms with van der Waals surface area (Å²) < 4.78 is 46.8. The third-order valence-corrected chi connectivity index (χ3v) is 8.02. The van der Waals surface area contributed by atoms with Crippen LogP contribution in [-0.2, 0) is 11.2 Å². The maximum atomic E-state index is 14.7. The molecule has 0 spiro atoms. The van der Waals surface area contributed by atoms with Crippen molar-refractivity contribution in [2.24, 2.45) is 11.8 Å². The minimum absolute atomic E-state index is 0.00184. The molecule has 198 valence electrons. The topological polar surface area (TPSA) is 62.7 Å². The zero-order valence-electron chi connectivity index (χ0n) is 20.8. The average Bonchev–Trinajstić information content (AvgIpc) is 2.85. The van der Waals surface area contributed by atoms with Gasteiger partial charge in [0.05, 0.1) is 18.8 Å². The number of benzene rings is 2. The number of rotatable bonds is 11. The number of carbonyl (C=O) groups is 1. The van der Waals surface area contributed by atoms with E-state index in [0.29, 0.717) is 47.0 Å². The van der Waals surface area contributed by atoms with Gasteiger partial charge in [0.25, 0.3) is 0 Å². The first kappa shape index (κ1) is 27.3. The summed E-state index contributed by atoms with van der Waals surface area (Å²) in [5, 5.41) is 10.2. The van der Waals surface area contributed by atoms with E-state index in [9.17, 15) is 23.1 Å². The number of hydrogen-bond donors (Lipinski definition) is 1. The fourth-order valence-corrected chi connectivity index (χ4v) is 6.20. The van der Waals surface area contributed by atoms with E-state index in [1.54, 1.807) is 13.2 Å². The van der Waals surface area contributed by atoms with Gasteiger partial charge in [-0.3, -0.25) is 9.78 Å². The number of aromatic nitrogens is 1. The van der Waals surface area contributed by atoms with Crippen LogP contribution < -0.4 is 4.74 Å². The molecule has 1 aliphatic rings. The van der Waals surface area contributed by atoms with E-state index in [1.807, 2.05) is 12.1 Å². The van der Waals surface area contributed by atoms with Crippen molar-refractivity contribution in [2.75, 3.05) is 32.5 Å². The molecule has 0 aliphatic carbocycles. The Morgan fingerprint density at radius 3 is 2.68 bits per heavy atom. The van der Waals surface area contributed by atoms with Gasteiger partial charge >= 0.3 is 5.97 Å². The number of fused-ring (bicyclic) bond motifs is 1. The number of carboxylic acids is 1. The van der Waals surface area contributed by atoms with E-state index in [0.717, 1.165) is 37.3 Å². The van der Waals surface area contributed by atoms with E-state index in [-0.39, 0.29) is 24.1 Å². The summed E-state index contributed by atoms with van der Waals surface area (Å²) in [6, 6.07) is 8.92. The number of aliphatic carboxylic acids is 1. The molecule has 2 aromatic carbocycles. The third kappa shape index (κ3) is 7.38. The molecule has 4 rings (SSSR count). The Kier molecular flexibility index (Phi) is 9.32. The summed E-state index contributed by atoms with van der Waals surface area (Å²) >= 11 is 1.39. The second-order valence-electron chi connectivity index (χ2n) is 9.52. The van der Waals surface area contributed by atoms with Crippen LogP contribution in [0, 0.1) is 29.3 Å². The average molecular weight is 533 g/mol. The van der Waals surface area contributed by atoms with Crippen molar-refractivity contribution in [3.63, 3.8) is 0 Å². The molecule has 1 aromatic heterocycles. The second kappa shape index (κ2) is 12.6. The molecule has 0 bridgehead atoms. The smallest absolute Gasteiger partial charge is 0.303 e. The molecule has 3 aromatic rings. The zero-order chi connectivity index (χ0) is 26.4. The van der Waals surface area contributed by atoms with Gasteiger partial charge in [-0.05, 0) is 80.0 Å². The molecule has 5 nitrogen and oxygen atoms in total. The Hall–Kier alpha value is -2.78. The molecule has 2 heterocycles. The van der Waals surface area contributed by atoms with Crippen LogP contribution in [0.15, 0.2) is 47.5 Å². The first-order chi connectivity index (χ1) is 17.8. The van der Waals surface area contributed by atoms with Gasteiger partial charge in [-0.2, -0.15) is 0 Å². The molecular weight excluding hydrogens is 501 g/mol. The van der Waals surface area contributed by atoms with Crippen LogP contribution in [0.1, 0.15) is 31.2 Å². The Morgan fingerprint density at radius 2 is 1.95 bits per heavy atom. The van der Waals surface area contributed by atoms with Crippen LogP contribution >= 0.6 is 11.8 Å². The standard InChI is InChI=1S/C28H31F3N2O3S/c1-36-22-5-6-27-25(15-22)24(26(31)16-32-27)4-2-3-18-7-8-33(17-19(18)11-28(34)35)9-10-37-23-13-20(29)12-21(30)14-23/h5-6,12-16,18-19H,2-4,7-11,17H2,1H3,(H,34,35)/t18-,19+/m1/s1. The van der Waals surface area contributed by atoms with Gasteiger partial charge in [-0.15, -0.1) is 11.8 Å². The van der Waals surface area contributed by atoms with Crippen LogP contribution in [0.25, 0.3) is 10.9 Å². The van der Waals surface area contributed by atoms with Gasteiger partial charge in [0, 0.05) is 41.6 Å². The fraction of sp³-hybridized carbons (Fsp3) is 0.429. The van der Waals surface area contributed by atoms with E-state index >= 15 is 0 Å². The van der Waals surface area contributed by atoms with Crippen molar-refractivity contribution in [1.82, 2.24) is 9.88 Å². The normalized spacial score (nSPS) is 18.3. The van der Waals surface area contributed by atoms with Crippen LogP contribution in [0.3, 0.4) is 0 Å². The molecular formula is C28H31F3N2O3S. The van der Waals surface area contributed by atoms with Crippen LogP contribution in [0.5, 0.6) is 5.75 Å². The number of methoxy groups -OCH3 is 1. The lowest BCUT2D eigenvalue weighted by molar-refractivity contribution is -0.139. The number of halogens is 3. The summed E-state index contributed by atoms with van der Waals surface area (Å²) in [6.45, 7) is 2.21. The fourth-order valence-electron chi connectivity index (χ4n) is 5.22. The quantitative estimate of drug-likeness (QED) is 0.297. The molecule has 1 aliphatic heterocycles. The maximum Gasteiger partial charge on any atom is 0.303 e. The highest BCUT2D eigenvalue weighted by Gasteiger charge is 2.30. The van der Waals surface area contributed by atoms with Gasteiger partial charge in [-0.25, -0.2) is 13.2 Å². The predicted molar refractivity (Wildman–Crippen MR) is 139 cm³/mol. The lowest BCUT2D eigenvalue weighted by atomic mass is 9.80. The minimum Gasteiger partial charge on any atom is -0.497 e. The number of likely N-dealkylation sites (tertiary alicyclic amines) is 1. The van der Waals surface area contributed by atoms with Gasteiger partial charge in [0.15, 0.2) is 0 Å². The van der Waals surface area contributed by atoms with Crippen molar-refractivity contribution in [3.8, 4) is 5.75 Å². The van der Waals surface area contributed by atoms with E-state index in [4.69, 9.17) is 4.74 Å². The highest BCUT2D eigenvalue weighted by Crippen LogP contribution is 2.32. The number of hydrogen-bond acceptors (Lipinski definition) is 5. The third-order valence-electron chi connectivity index (χ3n) is 7.06. The summed E-state index contributed by atoms with van der Waals surface area (Å²) in [7, 11) is 1.57. The summed E-state index contributed by atoms with van der Waals surface area (Å²) in [6.07, 6.45) is 4.31. The first-order valence-electron chi connectivity index (χ1n) is 12.5. The molecule has 0 radical (unpaired) electrons. The highest BCUT2D eigenvalue weighted by atomic mass is 32.2. The number of pyridine rings is 1. The zero-order valence-corrected chi connectivity index (χ0v) is 21.6. The number of nitrogens with zero attached hydrogens (tertiary/aromatic N) is 2. The molecule has 9 heteroatoms. The Morgan fingerprint density at radius 1 is 1.16 bits per heavy atom. The van der Waals surface area contributed by atoms with Crippen molar-refractivity contribution in [1.29, 1.82) is 0 Å². The molecule has 0 saturated carbocycles. The van der Waals surface area contributed by atoms with Crippen LogP contribution in [0.2, 0.25) is 0 Å². The molecule has 1 fully saturated rings. The van der Waals surface area contributed by atoms with Crippen molar-refractivity contribution < 1.29 is 27.8 Å².